The number of anilines is 1. The highest BCUT2D eigenvalue weighted by atomic mass is 16.6. The largest absolute Gasteiger partial charge is 0.497 e. The van der Waals surface area contributed by atoms with Crippen LogP contribution < -0.4 is 15.4 Å². The highest BCUT2D eigenvalue weighted by molar-refractivity contribution is 5.98. The number of ether oxygens (including phenoxy) is 2. The Bertz CT molecular complexity index is 814. The minimum absolute atomic E-state index is 0.0555. The van der Waals surface area contributed by atoms with Gasteiger partial charge in [0.05, 0.1) is 12.6 Å². The second-order valence-electron chi connectivity index (χ2n) is 6.60. The highest BCUT2D eigenvalue weighted by Crippen LogP contribution is 2.24. The first-order chi connectivity index (χ1) is 12.2. The van der Waals surface area contributed by atoms with Gasteiger partial charge in [-0.1, -0.05) is 0 Å². The molecule has 0 saturated carbocycles. The first kappa shape index (κ1) is 19.3. The number of pyridine rings is 1. The topological polar surface area (TPSA) is 110 Å². The van der Waals surface area contributed by atoms with Gasteiger partial charge in [-0.2, -0.15) is 0 Å². The molecular weight excluding hydrogens is 338 g/mol. The number of aromatic nitrogens is 1. The number of carbonyl (C=O) groups excluding carboxylic acids is 1. The number of methoxy groups -OCH3 is 1. The lowest BCUT2D eigenvalue weighted by Gasteiger charge is -2.19. The van der Waals surface area contributed by atoms with E-state index in [4.69, 9.17) is 9.47 Å². The van der Waals surface area contributed by atoms with E-state index in [2.05, 4.69) is 15.6 Å². The Morgan fingerprint density at radius 1 is 1.19 bits per heavy atom. The molecule has 0 radical (unpaired) electrons. The van der Waals surface area contributed by atoms with Crippen LogP contribution in [0.25, 0.3) is 10.9 Å². The maximum Gasteiger partial charge on any atom is 0.407 e. The van der Waals surface area contributed by atoms with Crippen LogP contribution in [0.2, 0.25) is 0 Å². The summed E-state index contributed by atoms with van der Waals surface area (Å²) in [5.74, 6) is -0.229. The van der Waals surface area contributed by atoms with Gasteiger partial charge < -0.3 is 25.2 Å². The molecule has 8 nitrogen and oxygen atoms in total. The van der Waals surface area contributed by atoms with E-state index in [-0.39, 0.29) is 17.9 Å². The summed E-state index contributed by atoms with van der Waals surface area (Å²) in [4.78, 5) is 27.5. The van der Waals surface area contributed by atoms with Crippen molar-refractivity contribution in [2.75, 3.05) is 25.5 Å². The predicted octanol–water partition coefficient (Wildman–Crippen LogP) is 2.88. The quantitative estimate of drug-likeness (QED) is 0.679. The number of carboxylic acid groups (broad SMARTS) is 1. The van der Waals surface area contributed by atoms with Crippen LogP contribution in [0.3, 0.4) is 0 Å². The number of nitrogens with zero attached hydrogens (tertiary/aromatic N) is 1. The first-order valence-electron chi connectivity index (χ1n) is 8.12. The Balaban J connectivity index is 2.08. The van der Waals surface area contributed by atoms with Gasteiger partial charge >= 0.3 is 12.1 Å². The molecule has 8 heteroatoms. The Morgan fingerprint density at radius 3 is 2.54 bits per heavy atom. The highest BCUT2D eigenvalue weighted by Gasteiger charge is 2.16. The summed E-state index contributed by atoms with van der Waals surface area (Å²) < 4.78 is 10.3. The fourth-order valence-corrected chi connectivity index (χ4v) is 2.23. The van der Waals surface area contributed by atoms with Crippen molar-refractivity contribution in [3.63, 3.8) is 0 Å². The van der Waals surface area contributed by atoms with Crippen molar-refractivity contribution >= 4 is 28.8 Å². The molecule has 2 aromatic rings. The smallest absolute Gasteiger partial charge is 0.407 e. The number of benzene rings is 1. The van der Waals surface area contributed by atoms with E-state index in [0.29, 0.717) is 23.2 Å². The number of hydrogen-bond acceptors (Lipinski definition) is 6. The Kier molecular flexibility index (Phi) is 5.86. The Labute approximate surface area is 151 Å². The van der Waals surface area contributed by atoms with Crippen LogP contribution in [0.5, 0.6) is 5.75 Å². The molecule has 0 unspecified atom stereocenters. The number of carboxylic acids is 1. The van der Waals surface area contributed by atoms with Crippen molar-refractivity contribution < 1.29 is 24.2 Å². The van der Waals surface area contributed by atoms with Gasteiger partial charge in [0, 0.05) is 24.5 Å². The Morgan fingerprint density at radius 2 is 1.92 bits per heavy atom. The summed E-state index contributed by atoms with van der Waals surface area (Å²) in [6.45, 7) is 5.87. The van der Waals surface area contributed by atoms with Gasteiger partial charge in [0.2, 0.25) is 0 Å². The molecule has 0 aliphatic carbocycles. The lowest BCUT2D eigenvalue weighted by molar-refractivity contribution is 0.0529. The van der Waals surface area contributed by atoms with Gasteiger partial charge in [0.15, 0.2) is 0 Å². The molecule has 140 valence electrons. The minimum Gasteiger partial charge on any atom is -0.497 e. The lowest BCUT2D eigenvalue weighted by Crippen LogP contribution is -2.35. The molecule has 0 saturated heterocycles. The van der Waals surface area contributed by atoms with Crippen molar-refractivity contribution in [3.8, 4) is 5.75 Å². The van der Waals surface area contributed by atoms with Gasteiger partial charge in [0.1, 0.15) is 22.7 Å². The molecule has 0 bridgehead atoms. The summed E-state index contributed by atoms with van der Waals surface area (Å²) in [7, 11) is 1.55. The van der Waals surface area contributed by atoms with Crippen LogP contribution in [0.4, 0.5) is 10.6 Å². The van der Waals surface area contributed by atoms with Gasteiger partial charge in [-0.15, -0.1) is 0 Å². The molecule has 26 heavy (non-hydrogen) atoms. The maximum atomic E-state index is 11.6. The van der Waals surface area contributed by atoms with E-state index < -0.39 is 17.7 Å². The molecule has 2 rings (SSSR count). The average molecular weight is 361 g/mol. The van der Waals surface area contributed by atoms with Crippen LogP contribution in [-0.2, 0) is 4.74 Å². The lowest BCUT2D eigenvalue weighted by atomic mass is 10.1. The number of aromatic carboxylic acids is 1. The monoisotopic (exact) mass is 361 g/mol. The number of alkyl carbamates (subject to hydrolysis) is 1. The average Bonchev–Trinajstić information content (AvgIpc) is 2.55. The molecule has 0 spiro atoms. The SMILES string of the molecule is COc1ccc2cc(C(=O)O)c(NCCNC(=O)OC(C)(C)C)nc2c1. The molecule has 1 aromatic carbocycles. The van der Waals surface area contributed by atoms with Gasteiger partial charge in [-0.25, -0.2) is 14.6 Å². The number of nitrogens with one attached hydrogen (secondary N) is 2. The summed E-state index contributed by atoms with van der Waals surface area (Å²) in [6, 6.07) is 6.77. The normalized spacial score (nSPS) is 11.1. The fraction of sp³-hybridized carbons (Fsp3) is 0.389. The zero-order valence-electron chi connectivity index (χ0n) is 15.3. The molecule has 0 atom stereocenters. The fourth-order valence-electron chi connectivity index (χ4n) is 2.23. The van der Waals surface area contributed by atoms with Crippen LogP contribution >= 0.6 is 0 Å². The summed E-state index contributed by atoms with van der Waals surface area (Å²) in [5.41, 5.74) is 0.0873. The van der Waals surface area contributed by atoms with E-state index in [0.717, 1.165) is 0 Å². The number of fused-ring (bicyclic) bond motifs is 1. The third-order valence-electron chi connectivity index (χ3n) is 3.34. The summed E-state index contributed by atoms with van der Waals surface area (Å²) in [6.07, 6.45) is -0.533. The van der Waals surface area contributed by atoms with E-state index in [1.807, 2.05) is 0 Å². The molecular formula is C18H23N3O5. The first-order valence-corrected chi connectivity index (χ1v) is 8.12. The predicted molar refractivity (Wildman–Crippen MR) is 98.0 cm³/mol. The van der Waals surface area contributed by atoms with Gasteiger partial charge in [0.25, 0.3) is 0 Å². The molecule has 0 fully saturated rings. The number of amides is 1. The molecule has 0 aliphatic rings. The summed E-state index contributed by atoms with van der Waals surface area (Å²) in [5, 5.41) is 15.6. The summed E-state index contributed by atoms with van der Waals surface area (Å²) >= 11 is 0. The molecule has 0 aliphatic heterocycles. The van der Waals surface area contributed by atoms with Crippen LogP contribution in [0, 0.1) is 0 Å². The van der Waals surface area contributed by atoms with Crippen LogP contribution in [-0.4, -0.2) is 48.0 Å². The zero-order chi connectivity index (χ0) is 19.3. The standard InChI is InChI=1S/C18H23N3O5/c1-18(2,3)26-17(24)20-8-7-19-15-13(16(22)23)9-11-5-6-12(25-4)10-14(11)21-15/h5-6,9-10H,7-8H2,1-4H3,(H,19,21)(H,20,24)(H,22,23). The third-order valence-corrected chi connectivity index (χ3v) is 3.34. The van der Waals surface area contributed by atoms with Crippen LogP contribution in [0.15, 0.2) is 24.3 Å². The van der Waals surface area contributed by atoms with Crippen molar-refractivity contribution in [1.29, 1.82) is 0 Å². The second kappa shape index (κ2) is 7.90. The van der Waals surface area contributed by atoms with Gasteiger partial charge in [-0.05, 0) is 39.0 Å². The van der Waals surface area contributed by atoms with Crippen molar-refractivity contribution in [3.05, 3.63) is 29.8 Å². The van der Waals surface area contributed by atoms with E-state index in [1.54, 1.807) is 52.1 Å². The minimum atomic E-state index is -1.09. The third kappa shape index (κ3) is 5.23. The van der Waals surface area contributed by atoms with Crippen LogP contribution in [0.1, 0.15) is 31.1 Å². The number of carbonyl (C=O) groups is 2. The molecule has 1 amide bonds. The van der Waals surface area contributed by atoms with Crippen molar-refractivity contribution in [2.24, 2.45) is 0 Å². The maximum absolute atomic E-state index is 11.6. The van der Waals surface area contributed by atoms with E-state index in [9.17, 15) is 14.7 Å². The number of rotatable bonds is 6. The zero-order valence-corrected chi connectivity index (χ0v) is 15.3. The molecule has 3 N–H and O–H groups in total. The van der Waals surface area contributed by atoms with Crippen molar-refractivity contribution in [1.82, 2.24) is 10.3 Å². The van der Waals surface area contributed by atoms with E-state index in [1.165, 1.54) is 0 Å². The second-order valence-corrected chi connectivity index (χ2v) is 6.60. The Hall–Kier alpha value is -3.03. The van der Waals surface area contributed by atoms with E-state index >= 15 is 0 Å². The number of hydrogen-bond donors (Lipinski definition) is 3. The molecule has 1 aromatic heterocycles. The molecule has 1 heterocycles. The van der Waals surface area contributed by atoms with Crippen molar-refractivity contribution in [2.45, 2.75) is 26.4 Å². The van der Waals surface area contributed by atoms with Gasteiger partial charge in [-0.3, -0.25) is 0 Å².